The molecule has 4 nitrogen and oxygen atoms in total. The Labute approximate surface area is 137 Å². The number of unbranched alkanes of at least 4 members (excludes halogenated alkanes) is 4. The highest BCUT2D eigenvalue weighted by Crippen LogP contribution is 2.17. The van der Waals surface area contributed by atoms with Crippen molar-refractivity contribution >= 4 is 6.03 Å². The van der Waals surface area contributed by atoms with E-state index in [9.17, 15) is 4.79 Å². The first-order valence-electron chi connectivity index (χ1n) is 9.33. The maximum absolute atomic E-state index is 12.1. The number of hydrogen-bond donors (Lipinski definition) is 1. The van der Waals surface area contributed by atoms with Gasteiger partial charge in [-0.2, -0.15) is 0 Å². The summed E-state index contributed by atoms with van der Waals surface area (Å²) in [5, 5.41) is 3.16. The van der Waals surface area contributed by atoms with Crippen molar-refractivity contribution in [1.82, 2.24) is 10.2 Å². The quantitative estimate of drug-likeness (QED) is 0.577. The molecule has 0 saturated heterocycles. The second-order valence-electron chi connectivity index (χ2n) is 6.59. The van der Waals surface area contributed by atoms with Crippen LogP contribution in [0.5, 0.6) is 0 Å². The number of ether oxygens (including phenoxy) is 1. The van der Waals surface area contributed by atoms with Gasteiger partial charge in [0, 0.05) is 32.8 Å². The standard InChI is InChI=1S/C18H36N2O2/c1-3-4-10-15-22-16-11-6-9-14-20(2)18(21)19-17-12-7-5-8-13-17/h17H,3-16H2,1-2H3,(H,19,21). The number of amides is 2. The van der Waals surface area contributed by atoms with Crippen LogP contribution in [-0.4, -0.2) is 43.8 Å². The van der Waals surface area contributed by atoms with Gasteiger partial charge in [-0.25, -0.2) is 4.79 Å². The van der Waals surface area contributed by atoms with Gasteiger partial charge in [-0.05, 0) is 38.5 Å². The van der Waals surface area contributed by atoms with Gasteiger partial charge < -0.3 is 15.0 Å². The SMILES string of the molecule is CCCCCOCCCCCN(C)C(=O)NC1CCCCC1. The summed E-state index contributed by atoms with van der Waals surface area (Å²) < 4.78 is 5.60. The topological polar surface area (TPSA) is 41.6 Å². The van der Waals surface area contributed by atoms with E-state index in [1.165, 1.54) is 38.5 Å². The third-order valence-electron chi connectivity index (χ3n) is 4.45. The summed E-state index contributed by atoms with van der Waals surface area (Å²) >= 11 is 0. The fourth-order valence-corrected chi connectivity index (χ4v) is 2.92. The van der Waals surface area contributed by atoms with Crippen LogP contribution in [0.3, 0.4) is 0 Å². The van der Waals surface area contributed by atoms with Crippen molar-refractivity contribution in [1.29, 1.82) is 0 Å². The Balaban J connectivity index is 1.93. The van der Waals surface area contributed by atoms with Crippen LogP contribution in [0.1, 0.15) is 77.6 Å². The molecule has 0 unspecified atom stereocenters. The lowest BCUT2D eigenvalue weighted by Gasteiger charge is -2.26. The summed E-state index contributed by atoms with van der Waals surface area (Å²) in [7, 11) is 1.90. The molecule has 1 N–H and O–H groups in total. The lowest BCUT2D eigenvalue weighted by atomic mass is 9.96. The molecule has 0 aromatic carbocycles. The summed E-state index contributed by atoms with van der Waals surface area (Å²) in [6, 6.07) is 0.503. The molecule has 2 amide bonds. The molecule has 130 valence electrons. The molecule has 0 bridgehead atoms. The van der Waals surface area contributed by atoms with E-state index in [4.69, 9.17) is 4.74 Å². The highest BCUT2D eigenvalue weighted by molar-refractivity contribution is 5.74. The van der Waals surface area contributed by atoms with Crippen LogP contribution in [0.15, 0.2) is 0 Å². The number of nitrogens with zero attached hydrogens (tertiary/aromatic N) is 1. The zero-order valence-electron chi connectivity index (χ0n) is 14.7. The van der Waals surface area contributed by atoms with Gasteiger partial charge in [-0.15, -0.1) is 0 Å². The van der Waals surface area contributed by atoms with Gasteiger partial charge in [0.15, 0.2) is 0 Å². The van der Waals surface area contributed by atoms with Gasteiger partial charge in [0.1, 0.15) is 0 Å². The van der Waals surface area contributed by atoms with Crippen molar-refractivity contribution in [3.05, 3.63) is 0 Å². The fraction of sp³-hybridized carbons (Fsp3) is 0.944. The summed E-state index contributed by atoms with van der Waals surface area (Å²) in [5.74, 6) is 0. The Morgan fingerprint density at radius 2 is 1.73 bits per heavy atom. The van der Waals surface area contributed by atoms with Crippen LogP contribution < -0.4 is 5.32 Å². The summed E-state index contributed by atoms with van der Waals surface area (Å²) in [5.41, 5.74) is 0. The predicted molar refractivity (Wildman–Crippen MR) is 92.2 cm³/mol. The molecular formula is C18H36N2O2. The third kappa shape index (κ3) is 9.29. The van der Waals surface area contributed by atoms with E-state index in [0.29, 0.717) is 6.04 Å². The van der Waals surface area contributed by atoms with E-state index in [1.807, 2.05) is 11.9 Å². The van der Waals surface area contributed by atoms with E-state index in [2.05, 4.69) is 12.2 Å². The first kappa shape index (κ1) is 19.3. The number of nitrogens with one attached hydrogen (secondary N) is 1. The number of rotatable bonds is 11. The Morgan fingerprint density at radius 1 is 1.05 bits per heavy atom. The van der Waals surface area contributed by atoms with E-state index < -0.39 is 0 Å². The van der Waals surface area contributed by atoms with Crippen molar-refractivity contribution in [3.8, 4) is 0 Å². The Hall–Kier alpha value is -0.770. The summed E-state index contributed by atoms with van der Waals surface area (Å²) in [6.45, 7) is 4.81. The molecule has 0 heterocycles. The van der Waals surface area contributed by atoms with Crippen molar-refractivity contribution in [2.24, 2.45) is 0 Å². The molecule has 1 rings (SSSR count). The molecule has 0 spiro atoms. The monoisotopic (exact) mass is 312 g/mol. The predicted octanol–water partition coefficient (Wildman–Crippen LogP) is 4.34. The van der Waals surface area contributed by atoms with E-state index in [-0.39, 0.29) is 6.03 Å². The zero-order valence-corrected chi connectivity index (χ0v) is 14.7. The fourth-order valence-electron chi connectivity index (χ4n) is 2.92. The summed E-state index contributed by atoms with van der Waals surface area (Å²) in [6.07, 6.45) is 13.1. The Bertz CT molecular complexity index is 278. The first-order chi connectivity index (χ1) is 10.7. The highest BCUT2D eigenvalue weighted by atomic mass is 16.5. The van der Waals surface area contributed by atoms with Crippen LogP contribution in [0, 0.1) is 0 Å². The maximum Gasteiger partial charge on any atom is 0.317 e. The molecule has 0 aromatic rings. The minimum Gasteiger partial charge on any atom is -0.381 e. The average molecular weight is 312 g/mol. The van der Waals surface area contributed by atoms with Gasteiger partial charge in [-0.3, -0.25) is 0 Å². The van der Waals surface area contributed by atoms with Gasteiger partial charge in [0.2, 0.25) is 0 Å². The maximum atomic E-state index is 12.1. The number of urea groups is 1. The van der Waals surface area contributed by atoms with Crippen molar-refractivity contribution in [3.63, 3.8) is 0 Å². The molecule has 1 fully saturated rings. The zero-order chi connectivity index (χ0) is 16.0. The van der Waals surface area contributed by atoms with Crippen LogP contribution in [0.2, 0.25) is 0 Å². The Morgan fingerprint density at radius 3 is 2.41 bits per heavy atom. The van der Waals surface area contributed by atoms with Gasteiger partial charge >= 0.3 is 6.03 Å². The molecule has 4 heteroatoms. The summed E-state index contributed by atoms with van der Waals surface area (Å²) in [4.78, 5) is 13.9. The molecule has 0 atom stereocenters. The van der Waals surface area contributed by atoms with Gasteiger partial charge in [0.25, 0.3) is 0 Å². The highest BCUT2D eigenvalue weighted by Gasteiger charge is 2.17. The molecule has 1 aliphatic carbocycles. The number of hydrogen-bond acceptors (Lipinski definition) is 2. The van der Waals surface area contributed by atoms with E-state index in [1.54, 1.807) is 0 Å². The van der Waals surface area contributed by atoms with Crippen LogP contribution in [0.25, 0.3) is 0 Å². The van der Waals surface area contributed by atoms with Crippen LogP contribution in [0.4, 0.5) is 4.79 Å². The normalized spacial score (nSPS) is 15.7. The molecule has 0 aromatic heterocycles. The minimum atomic E-state index is 0.0997. The van der Waals surface area contributed by atoms with Crippen LogP contribution >= 0.6 is 0 Å². The second kappa shape index (κ2) is 12.7. The van der Waals surface area contributed by atoms with Crippen molar-refractivity contribution in [2.45, 2.75) is 83.6 Å². The number of carbonyl (C=O) groups excluding carboxylic acids is 1. The molecule has 1 aliphatic rings. The van der Waals surface area contributed by atoms with Gasteiger partial charge in [0.05, 0.1) is 0 Å². The molecule has 0 aliphatic heterocycles. The van der Waals surface area contributed by atoms with Crippen LogP contribution in [-0.2, 0) is 4.74 Å². The number of carbonyl (C=O) groups is 1. The minimum absolute atomic E-state index is 0.0997. The van der Waals surface area contributed by atoms with Gasteiger partial charge in [-0.1, -0.05) is 39.0 Å². The molecule has 1 saturated carbocycles. The Kier molecular flexibility index (Phi) is 11.2. The van der Waals surface area contributed by atoms with Crippen molar-refractivity contribution in [2.75, 3.05) is 26.8 Å². The lowest BCUT2D eigenvalue weighted by molar-refractivity contribution is 0.125. The van der Waals surface area contributed by atoms with Crippen molar-refractivity contribution < 1.29 is 9.53 Å². The lowest BCUT2D eigenvalue weighted by Crippen LogP contribution is -2.44. The largest absolute Gasteiger partial charge is 0.381 e. The first-order valence-corrected chi connectivity index (χ1v) is 9.33. The molecule has 0 radical (unpaired) electrons. The molecular weight excluding hydrogens is 276 g/mol. The smallest absolute Gasteiger partial charge is 0.317 e. The average Bonchev–Trinajstić information content (AvgIpc) is 2.54. The second-order valence-corrected chi connectivity index (χ2v) is 6.59. The third-order valence-corrected chi connectivity index (χ3v) is 4.45. The van der Waals surface area contributed by atoms with E-state index in [0.717, 1.165) is 51.9 Å². The van der Waals surface area contributed by atoms with E-state index >= 15 is 0 Å². The molecule has 22 heavy (non-hydrogen) atoms.